The second-order valence-corrected chi connectivity index (χ2v) is 14.1. The van der Waals surface area contributed by atoms with E-state index < -0.39 is 0 Å². The molecule has 4 atom stereocenters. The van der Waals surface area contributed by atoms with Crippen LogP contribution in [0, 0.1) is 16.7 Å². The van der Waals surface area contributed by atoms with E-state index in [9.17, 15) is 0 Å². The van der Waals surface area contributed by atoms with Crippen LogP contribution in [0.25, 0.3) is 34.1 Å². The fourth-order valence-corrected chi connectivity index (χ4v) is 8.72. The number of hydrogen-bond acceptors (Lipinski definition) is 0. The fourth-order valence-electron chi connectivity index (χ4n) is 8.72. The molecule has 0 fully saturated rings. The average Bonchev–Trinajstić information content (AvgIpc) is 3.41. The van der Waals surface area contributed by atoms with E-state index >= 15 is 0 Å². The largest absolute Gasteiger partial charge is 0.0876 e. The highest BCUT2D eigenvalue weighted by Gasteiger charge is 2.63. The van der Waals surface area contributed by atoms with Gasteiger partial charge in [-0.05, 0) is 62.2 Å². The third-order valence-corrected chi connectivity index (χ3v) is 11.3. The smallest absolute Gasteiger partial charge is 0.0316 e. The molecule has 0 spiro atoms. The zero-order valence-corrected chi connectivity index (χ0v) is 28.6. The van der Waals surface area contributed by atoms with Crippen molar-refractivity contribution in [1.82, 2.24) is 0 Å². The maximum Gasteiger partial charge on any atom is 0.0316 e. The summed E-state index contributed by atoms with van der Waals surface area (Å²) < 4.78 is 0. The van der Waals surface area contributed by atoms with Crippen molar-refractivity contribution < 1.29 is 0 Å². The van der Waals surface area contributed by atoms with Crippen LogP contribution in [-0.2, 0) is 5.41 Å². The van der Waals surface area contributed by atoms with Crippen LogP contribution in [0.15, 0.2) is 188 Å². The zero-order chi connectivity index (χ0) is 33.5. The zero-order valence-electron chi connectivity index (χ0n) is 28.6. The lowest BCUT2D eigenvalue weighted by Crippen LogP contribution is -2.57. The summed E-state index contributed by atoms with van der Waals surface area (Å²) in [6.45, 7) is 6.97. The van der Waals surface area contributed by atoms with Crippen molar-refractivity contribution in [3.05, 3.63) is 216 Å². The standard InChI is InChI=1S/C49H42/c1-4-5-16-36(37-17-8-6-9-18-37)21-12-13-25-44(47(2)32-15-24-39(30-33-47)38-19-10-7-11-20-38)49-34-31-42-27-26-40-22-14-23-41-28-29-43(35-49)48(49,3)46(42)45(40)41/h4-35,44H,1-3H3/b5-4-,21-12-,25-13+,36-16+. The minimum atomic E-state index is -0.267. The van der Waals surface area contributed by atoms with Crippen LogP contribution in [0.4, 0.5) is 0 Å². The molecule has 0 heterocycles. The summed E-state index contributed by atoms with van der Waals surface area (Å²) in [5, 5.41) is 2.71. The predicted octanol–water partition coefficient (Wildman–Crippen LogP) is 12.7. The van der Waals surface area contributed by atoms with Crippen LogP contribution >= 0.6 is 0 Å². The second-order valence-electron chi connectivity index (χ2n) is 14.1. The topological polar surface area (TPSA) is 0 Å². The molecule has 49 heavy (non-hydrogen) atoms. The maximum atomic E-state index is 2.57. The van der Waals surface area contributed by atoms with Gasteiger partial charge in [0.25, 0.3) is 0 Å². The van der Waals surface area contributed by atoms with E-state index in [2.05, 4.69) is 215 Å². The third kappa shape index (κ3) is 4.98. The van der Waals surface area contributed by atoms with Gasteiger partial charge in [-0.1, -0.05) is 208 Å². The Kier molecular flexibility index (Phi) is 7.69. The molecular weight excluding hydrogens is 589 g/mol. The predicted molar refractivity (Wildman–Crippen MR) is 212 cm³/mol. The molecule has 0 amide bonds. The summed E-state index contributed by atoms with van der Waals surface area (Å²) in [6, 6.07) is 32.7. The van der Waals surface area contributed by atoms with Crippen LogP contribution in [0.5, 0.6) is 0 Å². The molecule has 0 saturated heterocycles. The first kappa shape index (κ1) is 30.8. The molecule has 238 valence electrons. The van der Waals surface area contributed by atoms with E-state index in [1.807, 2.05) is 0 Å². The quantitative estimate of drug-likeness (QED) is 0.170. The van der Waals surface area contributed by atoms with Gasteiger partial charge in [0, 0.05) is 22.2 Å². The molecule has 4 aliphatic rings. The highest BCUT2D eigenvalue weighted by Crippen LogP contribution is 2.69. The number of hydrogen-bond donors (Lipinski definition) is 0. The lowest BCUT2D eigenvalue weighted by atomic mass is 9.40. The first-order valence-corrected chi connectivity index (χ1v) is 17.5. The Bertz CT molecular complexity index is 2240. The molecule has 4 aromatic rings. The van der Waals surface area contributed by atoms with Gasteiger partial charge in [-0.15, -0.1) is 0 Å². The highest BCUT2D eigenvalue weighted by atomic mass is 14.6. The van der Waals surface area contributed by atoms with Gasteiger partial charge >= 0.3 is 0 Å². The number of benzene rings is 4. The Hall–Kier alpha value is -5.46. The molecule has 0 bridgehead atoms. The summed E-state index contributed by atoms with van der Waals surface area (Å²) in [5.74, 6) is 0.132. The van der Waals surface area contributed by atoms with Gasteiger partial charge in [-0.2, -0.15) is 0 Å². The lowest BCUT2D eigenvalue weighted by Gasteiger charge is -2.62. The SMILES string of the molecule is C\C=C/C=C(\C=C/C=C/C(C1(C)C=CC=C(c2ccccc2)C=C1)C12C=Cc3ccc4cccc5c4c3C1(C)C(=C2)C=C5)c1ccccc1. The van der Waals surface area contributed by atoms with Gasteiger partial charge in [0.1, 0.15) is 0 Å². The molecule has 8 rings (SSSR count). The normalized spacial score (nSPS) is 25.8. The molecule has 0 aromatic heterocycles. The van der Waals surface area contributed by atoms with Crippen molar-refractivity contribution >= 4 is 34.1 Å². The molecule has 4 unspecified atom stereocenters. The molecule has 0 nitrogen and oxygen atoms in total. The van der Waals surface area contributed by atoms with Crippen LogP contribution in [0.1, 0.15) is 48.6 Å². The average molecular weight is 631 g/mol. The monoisotopic (exact) mass is 630 g/mol. The molecule has 0 saturated carbocycles. The molecule has 0 aliphatic heterocycles. The molecule has 0 heteroatoms. The Morgan fingerprint density at radius 3 is 2.33 bits per heavy atom. The van der Waals surface area contributed by atoms with Crippen molar-refractivity contribution in [2.75, 3.05) is 0 Å². The van der Waals surface area contributed by atoms with Gasteiger partial charge in [0.2, 0.25) is 0 Å². The van der Waals surface area contributed by atoms with E-state index in [1.54, 1.807) is 0 Å². The summed E-state index contributed by atoms with van der Waals surface area (Å²) in [4.78, 5) is 0. The van der Waals surface area contributed by atoms with Crippen molar-refractivity contribution in [1.29, 1.82) is 0 Å². The van der Waals surface area contributed by atoms with Crippen molar-refractivity contribution in [2.24, 2.45) is 16.7 Å². The van der Waals surface area contributed by atoms with Crippen LogP contribution in [0.2, 0.25) is 0 Å². The van der Waals surface area contributed by atoms with Crippen molar-refractivity contribution in [2.45, 2.75) is 26.2 Å². The molecule has 4 aliphatic carbocycles. The van der Waals surface area contributed by atoms with E-state index in [0.29, 0.717) is 0 Å². The van der Waals surface area contributed by atoms with E-state index in [0.717, 1.165) is 0 Å². The Labute approximate surface area is 291 Å². The van der Waals surface area contributed by atoms with Crippen LogP contribution < -0.4 is 0 Å². The van der Waals surface area contributed by atoms with Gasteiger partial charge in [0.15, 0.2) is 0 Å². The summed E-state index contributed by atoms with van der Waals surface area (Å²) in [6.07, 6.45) is 39.6. The minimum Gasteiger partial charge on any atom is -0.0876 e. The molecule has 0 radical (unpaired) electrons. The highest BCUT2D eigenvalue weighted by molar-refractivity contribution is 6.00. The van der Waals surface area contributed by atoms with Crippen molar-refractivity contribution in [3.63, 3.8) is 0 Å². The Morgan fingerprint density at radius 2 is 1.51 bits per heavy atom. The van der Waals surface area contributed by atoms with Gasteiger partial charge in [-0.3, -0.25) is 0 Å². The third-order valence-electron chi connectivity index (χ3n) is 11.3. The van der Waals surface area contributed by atoms with E-state index in [-0.39, 0.29) is 22.2 Å². The van der Waals surface area contributed by atoms with Crippen LogP contribution in [-0.4, -0.2) is 0 Å². The number of rotatable bonds is 8. The van der Waals surface area contributed by atoms with Crippen molar-refractivity contribution in [3.8, 4) is 0 Å². The molecular formula is C49H42. The number of allylic oxidation sites excluding steroid dienone is 18. The molecule has 0 N–H and O–H groups in total. The first-order valence-electron chi connectivity index (χ1n) is 17.5. The first-order chi connectivity index (χ1) is 24.0. The fraction of sp³-hybridized carbons (Fsp3) is 0.143. The maximum absolute atomic E-state index is 2.57. The van der Waals surface area contributed by atoms with Crippen LogP contribution in [0.3, 0.4) is 0 Å². The summed E-state index contributed by atoms with van der Waals surface area (Å²) in [7, 11) is 0. The summed E-state index contributed by atoms with van der Waals surface area (Å²) in [5.41, 5.74) is 9.69. The van der Waals surface area contributed by atoms with E-state index in [4.69, 9.17) is 0 Å². The minimum absolute atomic E-state index is 0.132. The summed E-state index contributed by atoms with van der Waals surface area (Å²) >= 11 is 0. The Balaban J connectivity index is 1.27. The lowest BCUT2D eigenvalue weighted by molar-refractivity contribution is 0.129. The second kappa shape index (κ2) is 12.2. The molecule has 4 aromatic carbocycles. The van der Waals surface area contributed by atoms with E-state index in [1.165, 1.54) is 55.3 Å². The Morgan fingerprint density at radius 1 is 0.694 bits per heavy atom. The van der Waals surface area contributed by atoms with Gasteiger partial charge < -0.3 is 0 Å². The van der Waals surface area contributed by atoms with Gasteiger partial charge in [0.05, 0.1) is 0 Å². The van der Waals surface area contributed by atoms with Gasteiger partial charge in [-0.25, -0.2) is 0 Å².